The Bertz CT molecular complexity index is 957. The molecule has 0 unspecified atom stereocenters. The molecule has 0 aliphatic carbocycles. The highest BCUT2D eigenvalue weighted by molar-refractivity contribution is 9.10. The van der Waals surface area contributed by atoms with Gasteiger partial charge in [0.15, 0.2) is 0 Å². The standard InChI is InChI=1S/C17H13BrN4S/c18-10-1-2-12-14(7-10)21-5-3-15(12)22-6-4-11-13(8-19)17(20)23-16(11)9-22/h1-3,5,7H,4,6,9,20H2. The molecule has 1 aliphatic rings. The second kappa shape index (κ2) is 5.52. The minimum Gasteiger partial charge on any atom is -0.389 e. The molecule has 0 bridgehead atoms. The summed E-state index contributed by atoms with van der Waals surface area (Å²) in [7, 11) is 0. The van der Waals surface area contributed by atoms with Crippen molar-refractivity contribution in [2.75, 3.05) is 17.2 Å². The van der Waals surface area contributed by atoms with Gasteiger partial charge in [0.2, 0.25) is 0 Å². The van der Waals surface area contributed by atoms with Gasteiger partial charge in [-0.2, -0.15) is 5.26 Å². The van der Waals surface area contributed by atoms with E-state index >= 15 is 0 Å². The van der Waals surface area contributed by atoms with Gasteiger partial charge < -0.3 is 10.6 Å². The average Bonchev–Trinajstić information content (AvgIpc) is 2.88. The van der Waals surface area contributed by atoms with Gasteiger partial charge in [-0.15, -0.1) is 11.3 Å². The van der Waals surface area contributed by atoms with Gasteiger partial charge in [-0.25, -0.2) is 0 Å². The number of nitrogens with zero attached hydrogens (tertiary/aromatic N) is 3. The number of pyridine rings is 1. The molecule has 114 valence electrons. The maximum Gasteiger partial charge on any atom is 0.104 e. The number of anilines is 2. The molecule has 1 aliphatic heterocycles. The van der Waals surface area contributed by atoms with E-state index in [1.807, 2.05) is 18.3 Å². The molecule has 3 aromatic rings. The van der Waals surface area contributed by atoms with Gasteiger partial charge in [-0.05, 0) is 36.2 Å². The Kier molecular flexibility index (Phi) is 3.47. The molecule has 2 aromatic heterocycles. The van der Waals surface area contributed by atoms with Crippen molar-refractivity contribution in [3.8, 4) is 6.07 Å². The number of nitrogens with two attached hydrogens (primary N) is 1. The Hall–Kier alpha value is -2.10. The normalized spacial score (nSPS) is 13.8. The summed E-state index contributed by atoms with van der Waals surface area (Å²) in [5.74, 6) is 0. The molecular formula is C17H13BrN4S. The molecule has 2 N–H and O–H groups in total. The zero-order valence-corrected chi connectivity index (χ0v) is 14.6. The number of fused-ring (bicyclic) bond motifs is 2. The van der Waals surface area contributed by atoms with E-state index in [0.29, 0.717) is 10.6 Å². The van der Waals surface area contributed by atoms with Crippen LogP contribution in [-0.2, 0) is 13.0 Å². The van der Waals surface area contributed by atoms with Crippen LogP contribution >= 0.6 is 27.3 Å². The van der Waals surface area contributed by atoms with Crippen LogP contribution in [0.3, 0.4) is 0 Å². The largest absolute Gasteiger partial charge is 0.389 e. The minimum absolute atomic E-state index is 0.642. The number of aromatic nitrogens is 1. The van der Waals surface area contributed by atoms with Crippen LogP contribution in [0.2, 0.25) is 0 Å². The van der Waals surface area contributed by atoms with Gasteiger partial charge in [0.05, 0.1) is 17.6 Å². The molecule has 0 atom stereocenters. The van der Waals surface area contributed by atoms with E-state index in [1.165, 1.54) is 21.9 Å². The zero-order chi connectivity index (χ0) is 16.0. The number of hydrogen-bond acceptors (Lipinski definition) is 5. The molecule has 6 heteroatoms. The van der Waals surface area contributed by atoms with Crippen LogP contribution in [0, 0.1) is 11.3 Å². The molecule has 0 saturated heterocycles. The smallest absolute Gasteiger partial charge is 0.104 e. The van der Waals surface area contributed by atoms with Crippen molar-refractivity contribution in [1.29, 1.82) is 5.26 Å². The average molecular weight is 385 g/mol. The Morgan fingerprint density at radius 3 is 3.04 bits per heavy atom. The molecule has 0 radical (unpaired) electrons. The van der Waals surface area contributed by atoms with E-state index in [0.717, 1.165) is 40.4 Å². The van der Waals surface area contributed by atoms with Crippen LogP contribution in [0.15, 0.2) is 34.9 Å². The van der Waals surface area contributed by atoms with Gasteiger partial charge in [-0.1, -0.05) is 15.9 Å². The Morgan fingerprint density at radius 1 is 1.35 bits per heavy atom. The summed E-state index contributed by atoms with van der Waals surface area (Å²) in [6.07, 6.45) is 2.70. The van der Waals surface area contributed by atoms with Gasteiger partial charge in [0.1, 0.15) is 11.1 Å². The van der Waals surface area contributed by atoms with Crippen LogP contribution in [0.4, 0.5) is 10.7 Å². The first kappa shape index (κ1) is 14.5. The SMILES string of the molecule is N#Cc1c(N)sc2c1CCN(c1ccnc3cc(Br)ccc13)C2. The molecule has 23 heavy (non-hydrogen) atoms. The quantitative estimate of drug-likeness (QED) is 0.686. The predicted molar refractivity (Wildman–Crippen MR) is 97.6 cm³/mol. The lowest BCUT2D eigenvalue weighted by molar-refractivity contribution is 0.746. The monoisotopic (exact) mass is 384 g/mol. The van der Waals surface area contributed by atoms with E-state index in [4.69, 9.17) is 5.73 Å². The highest BCUT2D eigenvalue weighted by Gasteiger charge is 2.24. The second-order valence-corrected chi connectivity index (χ2v) is 7.57. The lowest BCUT2D eigenvalue weighted by Gasteiger charge is -2.29. The minimum atomic E-state index is 0.642. The number of rotatable bonds is 1. The summed E-state index contributed by atoms with van der Waals surface area (Å²) in [4.78, 5) is 8.00. The maximum absolute atomic E-state index is 9.26. The first-order chi connectivity index (χ1) is 11.2. The van der Waals surface area contributed by atoms with Crippen molar-refractivity contribution in [2.45, 2.75) is 13.0 Å². The van der Waals surface area contributed by atoms with Crippen molar-refractivity contribution in [2.24, 2.45) is 0 Å². The van der Waals surface area contributed by atoms with E-state index in [2.05, 4.69) is 44.0 Å². The first-order valence-electron chi connectivity index (χ1n) is 7.26. The third-order valence-corrected chi connectivity index (χ3v) is 5.76. The Morgan fingerprint density at radius 2 is 2.22 bits per heavy atom. The second-order valence-electron chi connectivity index (χ2n) is 5.52. The maximum atomic E-state index is 9.26. The molecule has 4 nitrogen and oxygen atoms in total. The molecule has 0 saturated carbocycles. The molecule has 3 heterocycles. The predicted octanol–water partition coefficient (Wildman–Crippen LogP) is 4.08. The fraction of sp³-hybridized carbons (Fsp3) is 0.176. The highest BCUT2D eigenvalue weighted by atomic mass is 79.9. The lowest BCUT2D eigenvalue weighted by Crippen LogP contribution is -2.29. The zero-order valence-electron chi connectivity index (χ0n) is 12.2. The van der Waals surface area contributed by atoms with Gasteiger partial charge in [-0.3, -0.25) is 4.98 Å². The van der Waals surface area contributed by atoms with Gasteiger partial charge in [0, 0.05) is 33.2 Å². The van der Waals surface area contributed by atoms with Gasteiger partial charge >= 0.3 is 0 Å². The summed E-state index contributed by atoms with van der Waals surface area (Å²) < 4.78 is 1.03. The lowest BCUT2D eigenvalue weighted by atomic mass is 10.0. The summed E-state index contributed by atoms with van der Waals surface area (Å²) in [5.41, 5.74) is 9.95. The summed E-state index contributed by atoms with van der Waals surface area (Å²) >= 11 is 5.03. The fourth-order valence-electron chi connectivity index (χ4n) is 3.13. The number of thiophene rings is 1. The Balaban J connectivity index is 1.77. The molecule has 0 spiro atoms. The van der Waals surface area contributed by atoms with Crippen molar-refractivity contribution < 1.29 is 0 Å². The van der Waals surface area contributed by atoms with Crippen LogP contribution in [0.5, 0.6) is 0 Å². The van der Waals surface area contributed by atoms with Crippen molar-refractivity contribution in [3.05, 3.63) is 50.9 Å². The molecule has 0 fully saturated rings. The number of hydrogen-bond donors (Lipinski definition) is 1. The van der Waals surface area contributed by atoms with Crippen LogP contribution in [0.25, 0.3) is 10.9 Å². The fourth-order valence-corrected chi connectivity index (χ4v) is 4.57. The molecule has 1 aromatic carbocycles. The van der Waals surface area contributed by atoms with E-state index in [-0.39, 0.29) is 0 Å². The van der Waals surface area contributed by atoms with E-state index < -0.39 is 0 Å². The number of halogens is 1. The summed E-state index contributed by atoms with van der Waals surface area (Å²) in [6, 6.07) is 10.5. The number of nitriles is 1. The number of benzene rings is 1. The summed E-state index contributed by atoms with van der Waals surface area (Å²) in [5, 5.41) is 11.0. The van der Waals surface area contributed by atoms with E-state index in [9.17, 15) is 5.26 Å². The van der Waals surface area contributed by atoms with E-state index in [1.54, 1.807) is 0 Å². The van der Waals surface area contributed by atoms with Gasteiger partial charge in [0.25, 0.3) is 0 Å². The van der Waals surface area contributed by atoms with Crippen molar-refractivity contribution >= 4 is 48.9 Å². The summed E-state index contributed by atoms with van der Waals surface area (Å²) in [6.45, 7) is 1.67. The van der Waals surface area contributed by atoms with Crippen molar-refractivity contribution in [1.82, 2.24) is 4.98 Å². The van der Waals surface area contributed by atoms with Crippen LogP contribution < -0.4 is 10.6 Å². The van der Waals surface area contributed by atoms with Crippen LogP contribution in [-0.4, -0.2) is 11.5 Å². The molecule has 0 amide bonds. The molecule has 4 rings (SSSR count). The van der Waals surface area contributed by atoms with Crippen molar-refractivity contribution in [3.63, 3.8) is 0 Å². The first-order valence-corrected chi connectivity index (χ1v) is 8.87. The third-order valence-electron chi connectivity index (χ3n) is 4.22. The Labute approximate surface area is 146 Å². The third kappa shape index (κ3) is 2.37. The topological polar surface area (TPSA) is 65.9 Å². The van der Waals surface area contributed by atoms with Crippen LogP contribution in [0.1, 0.15) is 16.0 Å². The highest BCUT2D eigenvalue weighted by Crippen LogP contribution is 2.37. The number of nitrogen functional groups attached to an aromatic ring is 1. The molecular weight excluding hydrogens is 372 g/mol.